The van der Waals surface area contributed by atoms with Crippen molar-refractivity contribution < 1.29 is 9.59 Å². The molecule has 2 fully saturated rings. The topological polar surface area (TPSA) is 66.6 Å². The van der Waals surface area contributed by atoms with Gasteiger partial charge in [-0.05, 0) is 32.6 Å². The Labute approximate surface area is 108 Å². The summed E-state index contributed by atoms with van der Waals surface area (Å²) in [5.74, 6) is 0.171. The molecular weight excluding hydrogens is 230 g/mol. The zero-order valence-corrected chi connectivity index (χ0v) is 11.1. The van der Waals surface area contributed by atoms with Crippen LogP contribution in [0.5, 0.6) is 0 Å². The summed E-state index contributed by atoms with van der Waals surface area (Å²) in [4.78, 5) is 27.4. The van der Waals surface area contributed by atoms with Gasteiger partial charge in [-0.2, -0.15) is 0 Å². The van der Waals surface area contributed by atoms with E-state index in [4.69, 9.17) is 5.73 Å². The largest absolute Gasteiger partial charge is 0.337 e. The molecule has 2 N–H and O–H groups in total. The zero-order chi connectivity index (χ0) is 13.1. The first-order valence-electron chi connectivity index (χ1n) is 6.92. The molecule has 0 bridgehead atoms. The van der Waals surface area contributed by atoms with Crippen LogP contribution in [0.1, 0.15) is 39.0 Å². The molecule has 0 aromatic rings. The van der Waals surface area contributed by atoms with E-state index in [2.05, 4.69) is 0 Å². The lowest BCUT2D eigenvalue weighted by Crippen LogP contribution is -2.54. The Bertz CT molecular complexity index is 330. The summed E-state index contributed by atoms with van der Waals surface area (Å²) in [6, 6.07) is 0.146. The number of carbonyl (C=O) groups excluding carboxylic acids is 2. The average molecular weight is 253 g/mol. The maximum absolute atomic E-state index is 12.3. The number of carbonyl (C=O) groups is 2. The van der Waals surface area contributed by atoms with Gasteiger partial charge in [0.05, 0.1) is 6.54 Å². The van der Waals surface area contributed by atoms with Crippen molar-refractivity contribution in [2.24, 2.45) is 5.73 Å². The maximum Gasteiger partial charge on any atom is 0.242 e. The molecule has 2 aliphatic heterocycles. The third-order valence-corrected chi connectivity index (χ3v) is 3.97. The molecule has 2 amide bonds. The second-order valence-electron chi connectivity index (χ2n) is 5.43. The van der Waals surface area contributed by atoms with Crippen molar-refractivity contribution in [2.45, 2.75) is 51.1 Å². The molecule has 2 atom stereocenters. The molecule has 0 radical (unpaired) electrons. The molecular formula is C13H23N3O2. The first-order chi connectivity index (χ1) is 8.59. The quantitative estimate of drug-likeness (QED) is 0.788. The van der Waals surface area contributed by atoms with Crippen LogP contribution >= 0.6 is 0 Å². The Kier molecular flexibility index (Phi) is 4.22. The Morgan fingerprint density at radius 1 is 1.39 bits per heavy atom. The summed E-state index contributed by atoms with van der Waals surface area (Å²) in [7, 11) is 0. The zero-order valence-electron chi connectivity index (χ0n) is 11.1. The second-order valence-corrected chi connectivity index (χ2v) is 5.43. The van der Waals surface area contributed by atoms with Crippen LogP contribution in [0, 0.1) is 0 Å². The van der Waals surface area contributed by atoms with Crippen LogP contribution < -0.4 is 5.73 Å². The van der Waals surface area contributed by atoms with E-state index >= 15 is 0 Å². The van der Waals surface area contributed by atoms with E-state index in [0.717, 1.165) is 38.8 Å². The van der Waals surface area contributed by atoms with Gasteiger partial charge in [-0.25, -0.2) is 0 Å². The molecule has 0 unspecified atom stereocenters. The highest BCUT2D eigenvalue weighted by Gasteiger charge is 2.31. The predicted octanol–water partition coefficient (Wildman–Crippen LogP) is 0.337. The van der Waals surface area contributed by atoms with E-state index in [0.29, 0.717) is 6.42 Å². The maximum atomic E-state index is 12.3. The second kappa shape index (κ2) is 5.69. The Balaban J connectivity index is 1.95. The van der Waals surface area contributed by atoms with Crippen molar-refractivity contribution in [2.75, 3.05) is 19.6 Å². The number of piperidine rings is 1. The number of hydrogen-bond donors (Lipinski definition) is 1. The molecule has 0 saturated carbocycles. The van der Waals surface area contributed by atoms with Gasteiger partial charge in [0.2, 0.25) is 11.8 Å². The minimum absolute atomic E-state index is 0.00327. The fourth-order valence-electron chi connectivity index (χ4n) is 2.94. The number of nitrogens with zero attached hydrogens (tertiary/aromatic N) is 2. The van der Waals surface area contributed by atoms with Gasteiger partial charge in [0.15, 0.2) is 0 Å². The number of likely N-dealkylation sites (tertiary alicyclic amines) is 2. The summed E-state index contributed by atoms with van der Waals surface area (Å²) in [5, 5.41) is 0. The van der Waals surface area contributed by atoms with Gasteiger partial charge < -0.3 is 15.5 Å². The van der Waals surface area contributed by atoms with Crippen LogP contribution in [-0.2, 0) is 9.59 Å². The Hall–Kier alpha value is -1.10. The fraction of sp³-hybridized carbons (Fsp3) is 0.846. The minimum Gasteiger partial charge on any atom is -0.337 e. The van der Waals surface area contributed by atoms with Crippen molar-refractivity contribution in [3.8, 4) is 0 Å². The van der Waals surface area contributed by atoms with Gasteiger partial charge >= 0.3 is 0 Å². The standard InChI is InChI=1S/C13H23N3O2/c1-10(14)11-5-2-3-8-16(11)13(18)9-15-7-4-6-12(15)17/h10-11H,2-9,14H2,1H3/t10-,11-/m0/s1. The van der Waals surface area contributed by atoms with Crippen LogP contribution in [0.25, 0.3) is 0 Å². The van der Waals surface area contributed by atoms with Crippen molar-refractivity contribution in [1.82, 2.24) is 9.80 Å². The van der Waals surface area contributed by atoms with Crippen molar-refractivity contribution >= 4 is 11.8 Å². The summed E-state index contributed by atoms with van der Waals surface area (Å²) >= 11 is 0. The molecule has 0 spiro atoms. The highest BCUT2D eigenvalue weighted by atomic mass is 16.2. The first kappa shape index (κ1) is 13.3. The number of hydrogen-bond acceptors (Lipinski definition) is 3. The molecule has 2 rings (SSSR count). The minimum atomic E-state index is 0.00327. The lowest BCUT2D eigenvalue weighted by Gasteiger charge is -2.38. The smallest absolute Gasteiger partial charge is 0.242 e. The summed E-state index contributed by atoms with van der Waals surface area (Å²) in [5.41, 5.74) is 5.96. The highest BCUT2D eigenvalue weighted by molar-refractivity contribution is 5.86. The molecule has 102 valence electrons. The van der Waals surface area contributed by atoms with Gasteiger partial charge in [-0.15, -0.1) is 0 Å². The molecule has 5 heteroatoms. The molecule has 5 nitrogen and oxygen atoms in total. The van der Waals surface area contributed by atoms with Gasteiger partial charge in [-0.1, -0.05) is 0 Å². The third-order valence-electron chi connectivity index (χ3n) is 3.97. The lowest BCUT2D eigenvalue weighted by molar-refractivity contribution is -0.141. The molecule has 0 aromatic heterocycles. The van der Waals surface area contributed by atoms with E-state index in [-0.39, 0.29) is 30.4 Å². The molecule has 2 aliphatic rings. The normalized spacial score (nSPS) is 26.6. The monoisotopic (exact) mass is 253 g/mol. The molecule has 2 heterocycles. The van der Waals surface area contributed by atoms with Crippen LogP contribution in [0.4, 0.5) is 0 Å². The van der Waals surface area contributed by atoms with Gasteiger partial charge in [0.25, 0.3) is 0 Å². The summed E-state index contributed by atoms with van der Waals surface area (Å²) in [6.45, 7) is 3.70. The van der Waals surface area contributed by atoms with Gasteiger partial charge in [-0.3, -0.25) is 9.59 Å². The highest BCUT2D eigenvalue weighted by Crippen LogP contribution is 2.20. The van der Waals surface area contributed by atoms with E-state index in [9.17, 15) is 9.59 Å². The van der Waals surface area contributed by atoms with E-state index in [1.54, 1.807) is 4.90 Å². The number of nitrogens with two attached hydrogens (primary N) is 1. The van der Waals surface area contributed by atoms with Crippen LogP contribution in [0.15, 0.2) is 0 Å². The van der Waals surface area contributed by atoms with Crippen LogP contribution in [0.3, 0.4) is 0 Å². The van der Waals surface area contributed by atoms with Crippen molar-refractivity contribution in [3.05, 3.63) is 0 Å². The Morgan fingerprint density at radius 3 is 2.78 bits per heavy atom. The average Bonchev–Trinajstić information content (AvgIpc) is 2.75. The molecule has 0 aromatic carbocycles. The van der Waals surface area contributed by atoms with Crippen LogP contribution in [-0.4, -0.2) is 53.3 Å². The predicted molar refractivity (Wildman–Crippen MR) is 68.8 cm³/mol. The van der Waals surface area contributed by atoms with E-state index < -0.39 is 0 Å². The van der Waals surface area contributed by atoms with Gasteiger partial charge in [0.1, 0.15) is 0 Å². The number of amides is 2. The van der Waals surface area contributed by atoms with Crippen molar-refractivity contribution in [3.63, 3.8) is 0 Å². The SMILES string of the molecule is C[C@H](N)[C@@H]1CCCCN1C(=O)CN1CCCC1=O. The summed E-state index contributed by atoms with van der Waals surface area (Å²) in [6.07, 6.45) is 4.63. The molecule has 18 heavy (non-hydrogen) atoms. The first-order valence-corrected chi connectivity index (χ1v) is 6.92. The third kappa shape index (κ3) is 2.83. The van der Waals surface area contributed by atoms with Crippen molar-refractivity contribution in [1.29, 1.82) is 0 Å². The van der Waals surface area contributed by atoms with Crippen LogP contribution in [0.2, 0.25) is 0 Å². The van der Waals surface area contributed by atoms with E-state index in [1.165, 1.54) is 0 Å². The molecule has 0 aliphatic carbocycles. The number of rotatable bonds is 3. The molecule has 2 saturated heterocycles. The summed E-state index contributed by atoms with van der Waals surface area (Å²) < 4.78 is 0. The lowest BCUT2D eigenvalue weighted by atomic mass is 9.97. The van der Waals surface area contributed by atoms with Gasteiger partial charge in [0, 0.05) is 31.6 Å². The fourth-order valence-corrected chi connectivity index (χ4v) is 2.94. The Morgan fingerprint density at radius 2 is 2.17 bits per heavy atom. The van der Waals surface area contributed by atoms with E-state index in [1.807, 2.05) is 11.8 Å².